The predicted molar refractivity (Wildman–Crippen MR) is 125 cm³/mol. The number of imidazole rings is 2. The van der Waals surface area contributed by atoms with Crippen molar-refractivity contribution in [2.75, 3.05) is 5.73 Å². The molecule has 4 aromatic rings. The van der Waals surface area contributed by atoms with Crippen LogP contribution in [0.4, 0.5) is 5.82 Å². The van der Waals surface area contributed by atoms with Gasteiger partial charge in [0.15, 0.2) is 11.6 Å². The second-order valence-corrected chi connectivity index (χ2v) is 8.05. The smallest absolute Gasteiger partial charge is 0.159 e. The van der Waals surface area contributed by atoms with Crippen molar-refractivity contribution in [3.63, 3.8) is 0 Å². The summed E-state index contributed by atoms with van der Waals surface area (Å²) in [6.07, 6.45) is 5.07. The summed E-state index contributed by atoms with van der Waals surface area (Å²) in [5.41, 5.74) is 11.2. The van der Waals surface area contributed by atoms with E-state index in [1.807, 2.05) is 37.3 Å². The minimum atomic E-state index is 0.473. The Hall–Kier alpha value is -4.14. The summed E-state index contributed by atoms with van der Waals surface area (Å²) in [4.78, 5) is 28.8. The molecule has 0 radical (unpaired) electrons. The molecule has 0 saturated carbocycles. The zero-order valence-electron chi connectivity index (χ0n) is 18.1. The lowest BCUT2D eigenvalue weighted by molar-refractivity contribution is 0.524. The normalized spacial score (nSPS) is 11.5. The van der Waals surface area contributed by atoms with Crippen LogP contribution in [0.2, 0.25) is 0 Å². The molecule has 6 rings (SSSR count). The fourth-order valence-electron chi connectivity index (χ4n) is 3.80. The molecule has 0 aliphatic carbocycles. The first-order chi connectivity index (χ1) is 15.5. The molecule has 0 atom stereocenters. The maximum atomic E-state index is 6.02. The van der Waals surface area contributed by atoms with Crippen LogP contribution in [0.1, 0.15) is 19.7 Å². The highest BCUT2D eigenvalue weighted by Gasteiger charge is 2.16. The molecule has 9 heteroatoms. The third kappa shape index (κ3) is 3.47. The average Bonchev–Trinajstić information content (AvgIpc) is 3.37. The molecule has 0 spiro atoms. The van der Waals surface area contributed by atoms with E-state index in [1.54, 1.807) is 18.7 Å². The summed E-state index contributed by atoms with van der Waals surface area (Å²) < 4.78 is 2.19. The number of hydrogen-bond acceptors (Lipinski definition) is 7. The maximum Gasteiger partial charge on any atom is 0.159 e. The summed E-state index contributed by atoms with van der Waals surface area (Å²) in [5, 5.41) is 1.05. The van der Waals surface area contributed by atoms with E-state index in [0.29, 0.717) is 11.7 Å². The fourth-order valence-corrected chi connectivity index (χ4v) is 3.80. The minimum Gasteiger partial charge on any atom is -0.382 e. The Balaban J connectivity index is 0.000000144. The van der Waals surface area contributed by atoms with Gasteiger partial charge < -0.3 is 15.3 Å². The number of fused-ring (bicyclic) bond motifs is 5. The average molecular weight is 426 g/mol. The molecular formula is C23H23N9. The number of aromatic nitrogens is 8. The number of anilines is 1. The number of aryl methyl sites for hydroxylation is 1. The van der Waals surface area contributed by atoms with Crippen LogP contribution >= 0.6 is 0 Å². The molecule has 0 amide bonds. The minimum absolute atomic E-state index is 0.473. The Labute approximate surface area is 184 Å². The van der Waals surface area contributed by atoms with Crippen LogP contribution in [0.15, 0.2) is 49.1 Å². The Morgan fingerprint density at radius 1 is 1.00 bits per heavy atom. The zero-order valence-corrected chi connectivity index (χ0v) is 18.1. The molecule has 2 aliphatic heterocycles. The van der Waals surface area contributed by atoms with Gasteiger partial charge in [-0.1, -0.05) is 13.8 Å². The fraction of sp³-hybridized carbons (Fsp3) is 0.217. The third-order valence-electron chi connectivity index (χ3n) is 5.19. The largest absolute Gasteiger partial charge is 0.382 e. The maximum absolute atomic E-state index is 6.02. The van der Waals surface area contributed by atoms with E-state index in [4.69, 9.17) is 5.73 Å². The Morgan fingerprint density at radius 2 is 1.81 bits per heavy atom. The number of hydrogen-bond donors (Lipinski definition) is 2. The van der Waals surface area contributed by atoms with Crippen molar-refractivity contribution in [2.45, 2.75) is 27.3 Å². The number of aromatic amines is 1. The molecule has 0 saturated heterocycles. The summed E-state index contributed by atoms with van der Waals surface area (Å²) in [6.45, 7) is 7.27. The highest BCUT2D eigenvalue weighted by Crippen LogP contribution is 2.27. The van der Waals surface area contributed by atoms with Crippen LogP contribution in [-0.2, 0) is 6.54 Å². The van der Waals surface area contributed by atoms with Crippen LogP contribution in [0, 0.1) is 12.8 Å². The molecule has 2 aliphatic rings. The number of pyridine rings is 4. The number of nitrogen functional groups attached to an aromatic ring is 1. The molecule has 32 heavy (non-hydrogen) atoms. The van der Waals surface area contributed by atoms with Gasteiger partial charge in [0, 0.05) is 24.3 Å². The van der Waals surface area contributed by atoms with Crippen molar-refractivity contribution in [3.8, 4) is 11.5 Å². The first-order valence-electron chi connectivity index (χ1n) is 10.4. The van der Waals surface area contributed by atoms with Crippen molar-refractivity contribution in [1.29, 1.82) is 0 Å². The van der Waals surface area contributed by atoms with Gasteiger partial charge in [0.25, 0.3) is 0 Å². The van der Waals surface area contributed by atoms with E-state index in [9.17, 15) is 0 Å². The van der Waals surface area contributed by atoms with Crippen molar-refractivity contribution in [3.05, 3.63) is 54.9 Å². The van der Waals surface area contributed by atoms with Crippen molar-refractivity contribution < 1.29 is 0 Å². The topological polar surface area (TPSA) is 124 Å². The second-order valence-electron chi connectivity index (χ2n) is 8.05. The number of nitrogens with one attached hydrogen (secondary N) is 1. The van der Waals surface area contributed by atoms with Crippen LogP contribution in [0.5, 0.6) is 0 Å². The molecule has 9 nitrogen and oxygen atoms in total. The standard InChI is InChI=1S/C14H17N5.C9H6N4/c1-8(2)7-19-9(3)17-12-13(19)11-10(18-14(12)15)5-4-6-16-11;1-2-6-4-7-9(12-5-11-7)13-8(6)10-3-1/h4-6,8H,7H2,1-3H3,(H2,15,18);1-5H,(H,10,11,12,13). The van der Waals surface area contributed by atoms with Crippen molar-refractivity contribution >= 4 is 38.9 Å². The van der Waals surface area contributed by atoms with Gasteiger partial charge in [0.05, 0.1) is 5.52 Å². The quantitative estimate of drug-likeness (QED) is 0.430. The monoisotopic (exact) mass is 425 g/mol. The van der Waals surface area contributed by atoms with Crippen LogP contribution in [0.3, 0.4) is 0 Å². The van der Waals surface area contributed by atoms with Gasteiger partial charge in [-0.25, -0.2) is 24.9 Å². The second kappa shape index (κ2) is 7.84. The summed E-state index contributed by atoms with van der Waals surface area (Å²) in [6, 6.07) is 9.67. The van der Waals surface area contributed by atoms with Crippen molar-refractivity contribution in [1.82, 2.24) is 39.5 Å². The third-order valence-corrected chi connectivity index (χ3v) is 5.19. The lowest BCUT2D eigenvalue weighted by Crippen LogP contribution is -2.07. The van der Waals surface area contributed by atoms with Gasteiger partial charge in [0.2, 0.25) is 0 Å². The van der Waals surface area contributed by atoms with Crippen molar-refractivity contribution in [2.24, 2.45) is 5.92 Å². The SMILES string of the molecule is Cc1nc2c(N)nc3cccnc3c2n1CC(C)C.c1cnc2[nH]c3ncnc-3cc2c1. The van der Waals surface area contributed by atoms with Gasteiger partial charge >= 0.3 is 0 Å². The van der Waals surface area contributed by atoms with Crippen LogP contribution in [0.25, 0.3) is 44.6 Å². The van der Waals surface area contributed by atoms with Gasteiger partial charge in [-0.15, -0.1) is 0 Å². The lowest BCUT2D eigenvalue weighted by atomic mass is 10.2. The number of H-pyrrole nitrogens is 1. The highest BCUT2D eigenvalue weighted by atomic mass is 15.1. The summed E-state index contributed by atoms with van der Waals surface area (Å²) >= 11 is 0. The molecule has 0 bridgehead atoms. The Bertz CT molecular complexity index is 1470. The van der Waals surface area contributed by atoms with E-state index in [0.717, 1.165) is 57.0 Å². The molecular weight excluding hydrogens is 402 g/mol. The number of nitrogens with zero attached hydrogens (tertiary/aromatic N) is 7. The number of nitrogens with two attached hydrogens (primary N) is 1. The summed E-state index contributed by atoms with van der Waals surface area (Å²) in [5.74, 6) is 2.74. The predicted octanol–water partition coefficient (Wildman–Crippen LogP) is 3.98. The van der Waals surface area contributed by atoms with E-state index in [-0.39, 0.29) is 0 Å². The molecule has 0 aromatic carbocycles. The van der Waals surface area contributed by atoms with E-state index in [2.05, 4.69) is 53.3 Å². The molecule has 0 fully saturated rings. The van der Waals surface area contributed by atoms with E-state index in [1.165, 1.54) is 0 Å². The van der Waals surface area contributed by atoms with E-state index < -0.39 is 0 Å². The van der Waals surface area contributed by atoms with Gasteiger partial charge in [-0.05, 0) is 43.2 Å². The van der Waals surface area contributed by atoms with Crippen LogP contribution in [-0.4, -0.2) is 39.5 Å². The van der Waals surface area contributed by atoms with Gasteiger partial charge in [0.1, 0.15) is 40.0 Å². The Kier molecular flexibility index (Phi) is 4.85. The first-order valence-corrected chi connectivity index (χ1v) is 10.4. The molecule has 0 unspecified atom stereocenters. The van der Waals surface area contributed by atoms with E-state index >= 15 is 0 Å². The van der Waals surface area contributed by atoms with Gasteiger partial charge in [-0.2, -0.15) is 0 Å². The Morgan fingerprint density at radius 3 is 2.66 bits per heavy atom. The molecule has 3 N–H and O–H groups in total. The molecule has 160 valence electrons. The lowest BCUT2D eigenvalue weighted by Gasteiger charge is -2.10. The zero-order chi connectivity index (χ0) is 22.2. The summed E-state index contributed by atoms with van der Waals surface area (Å²) in [7, 11) is 0. The number of rotatable bonds is 2. The molecule has 4 aromatic heterocycles. The van der Waals surface area contributed by atoms with Crippen LogP contribution < -0.4 is 5.73 Å². The molecule has 6 heterocycles. The first kappa shape index (κ1) is 19.8. The van der Waals surface area contributed by atoms with Gasteiger partial charge in [-0.3, -0.25) is 4.98 Å². The highest BCUT2D eigenvalue weighted by molar-refractivity contribution is 6.04.